The molecule has 0 aliphatic rings. The predicted octanol–water partition coefficient (Wildman–Crippen LogP) is 2.14. The number of hydrogen-bond donors (Lipinski definition) is 2. The summed E-state index contributed by atoms with van der Waals surface area (Å²) in [5, 5.41) is 0. The van der Waals surface area contributed by atoms with E-state index in [1.165, 1.54) is 0 Å². The topological polar surface area (TPSA) is 67.4 Å². The summed E-state index contributed by atoms with van der Waals surface area (Å²) in [7, 11) is 0. The Balaban J connectivity index is 1.81. The fourth-order valence-corrected chi connectivity index (χ4v) is 1.85. The standard InChI is InChI=1S/C17H18N2O3/c1-12-7-6-10-15(13(12)2)22-11-16(20)18-19-17(21)14-8-4-3-5-9-14/h3-10H,11H2,1-2H3,(H,18,20)(H,19,21). The van der Waals surface area contributed by atoms with Crippen molar-refractivity contribution in [3.8, 4) is 5.75 Å². The molecule has 0 spiro atoms. The fraction of sp³-hybridized carbons (Fsp3) is 0.176. The maximum absolute atomic E-state index is 11.8. The molecule has 0 saturated carbocycles. The van der Waals surface area contributed by atoms with E-state index in [2.05, 4.69) is 10.9 Å². The molecular formula is C17H18N2O3. The molecule has 0 aromatic heterocycles. The summed E-state index contributed by atoms with van der Waals surface area (Å²) in [6, 6.07) is 14.3. The first-order chi connectivity index (χ1) is 10.6. The van der Waals surface area contributed by atoms with Crippen LogP contribution in [0.4, 0.5) is 0 Å². The van der Waals surface area contributed by atoms with Crippen molar-refractivity contribution in [3.63, 3.8) is 0 Å². The molecule has 5 heteroatoms. The molecule has 2 rings (SSSR count). The van der Waals surface area contributed by atoms with Crippen molar-refractivity contribution in [2.75, 3.05) is 6.61 Å². The predicted molar refractivity (Wildman–Crippen MR) is 83.5 cm³/mol. The van der Waals surface area contributed by atoms with Crippen molar-refractivity contribution >= 4 is 11.8 Å². The molecule has 0 radical (unpaired) electrons. The van der Waals surface area contributed by atoms with Gasteiger partial charge in [0.25, 0.3) is 11.8 Å². The number of amides is 2. The third kappa shape index (κ3) is 4.09. The summed E-state index contributed by atoms with van der Waals surface area (Å²) in [4.78, 5) is 23.5. The molecule has 2 amide bonds. The van der Waals surface area contributed by atoms with Crippen LogP contribution in [0.3, 0.4) is 0 Å². The first kappa shape index (κ1) is 15.6. The van der Waals surface area contributed by atoms with Crippen LogP contribution in [0.25, 0.3) is 0 Å². The van der Waals surface area contributed by atoms with Crippen LogP contribution < -0.4 is 15.6 Å². The van der Waals surface area contributed by atoms with Gasteiger partial charge < -0.3 is 4.74 Å². The zero-order chi connectivity index (χ0) is 15.9. The van der Waals surface area contributed by atoms with Gasteiger partial charge in [0, 0.05) is 5.56 Å². The van der Waals surface area contributed by atoms with Crippen LogP contribution in [0.5, 0.6) is 5.75 Å². The number of carbonyl (C=O) groups is 2. The van der Waals surface area contributed by atoms with Gasteiger partial charge in [-0.1, -0.05) is 30.3 Å². The number of carbonyl (C=O) groups excluding carboxylic acids is 2. The summed E-state index contributed by atoms with van der Waals surface area (Å²) in [5.41, 5.74) is 7.22. The molecule has 0 atom stereocenters. The molecule has 0 heterocycles. The minimum Gasteiger partial charge on any atom is -0.483 e. The van der Waals surface area contributed by atoms with Crippen molar-refractivity contribution in [1.29, 1.82) is 0 Å². The number of aryl methyl sites for hydroxylation is 1. The Bertz CT molecular complexity index is 669. The largest absolute Gasteiger partial charge is 0.483 e. The molecular weight excluding hydrogens is 280 g/mol. The van der Waals surface area contributed by atoms with Crippen LogP contribution in [-0.4, -0.2) is 18.4 Å². The molecule has 22 heavy (non-hydrogen) atoms. The highest BCUT2D eigenvalue weighted by Gasteiger charge is 2.08. The SMILES string of the molecule is Cc1cccc(OCC(=O)NNC(=O)c2ccccc2)c1C. The van der Waals surface area contributed by atoms with E-state index in [0.29, 0.717) is 11.3 Å². The van der Waals surface area contributed by atoms with Crippen LogP contribution in [0.1, 0.15) is 21.5 Å². The smallest absolute Gasteiger partial charge is 0.276 e. The van der Waals surface area contributed by atoms with E-state index in [0.717, 1.165) is 11.1 Å². The minimum absolute atomic E-state index is 0.167. The van der Waals surface area contributed by atoms with Crippen molar-refractivity contribution in [2.45, 2.75) is 13.8 Å². The Morgan fingerprint density at radius 2 is 1.68 bits per heavy atom. The lowest BCUT2D eigenvalue weighted by atomic mass is 10.1. The Hall–Kier alpha value is -2.82. The van der Waals surface area contributed by atoms with Gasteiger partial charge in [0.2, 0.25) is 0 Å². The molecule has 2 N–H and O–H groups in total. The van der Waals surface area contributed by atoms with E-state index in [1.54, 1.807) is 30.3 Å². The lowest BCUT2D eigenvalue weighted by molar-refractivity contribution is -0.123. The molecule has 0 fully saturated rings. The Labute approximate surface area is 129 Å². The Morgan fingerprint density at radius 3 is 2.41 bits per heavy atom. The van der Waals surface area contributed by atoms with Crippen LogP contribution >= 0.6 is 0 Å². The average Bonchev–Trinajstić information content (AvgIpc) is 2.54. The minimum atomic E-state index is -0.426. The molecule has 0 saturated heterocycles. The second-order valence-electron chi connectivity index (χ2n) is 4.86. The van der Waals surface area contributed by atoms with E-state index in [4.69, 9.17) is 4.74 Å². The first-order valence-corrected chi connectivity index (χ1v) is 6.91. The van der Waals surface area contributed by atoms with Gasteiger partial charge in [0.1, 0.15) is 5.75 Å². The average molecular weight is 298 g/mol. The van der Waals surface area contributed by atoms with Crippen molar-refractivity contribution in [2.24, 2.45) is 0 Å². The first-order valence-electron chi connectivity index (χ1n) is 6.91. The highest BCUT2D eigenvalue weighted by Crippen LogP contribution is 2.20. The van der Waals surface area contributed by atoms with Crippen LogP contribution in [0.15, 0.2) is 48.5 Å². The number of benzene rings is 2. The summed E-state index contributed by atoms with van der Waals surface area (Å²) >= 11 is 0. The van der Waals surface area contributed by atoms with Crippen LogP contribution in [0, 0.1) is 13.8 Å². The number of rotatable bonds is 4. The van der Waals surface area contributed by atoms with E-state index >= 15 is 0 Å². The molecule has 2 aromatic carbocycles. The maximum Gasteiger partial charge on any atom is 0.276 e. The maximum atomic E-state index is 11.8. The Kier molecular flexibility index (Phi) is 5.14. The van der Waals surface area contributed by atoms with E-state index in [9.17, 15) is 9.59 Å². The molecule has 2 aromatic rings. The summed E-state index contributed by atoms with van der Waals surface area (Å²) in [5.74, 6) is -0.143. The van der Waals surface area contributed by atoms with Gasteiger partial charge >= 0.3 is 0 Å². The molecule has 5 nitrogen and oxygen atoms in total. The van der Waals surface area contributed by atoms with Crippen molar-refractivity contribution in [3.05, 3.63) is 65.2 Å². The van der Waals surface area contributed by atoms with Gasteiger partial charge in [0.05, 0.1) is 0 Å². The van der Waals surface area contributed by atoms with Crippen molar-refractivity contribution in [1.82, 2.24) is 10.9 Å². The molecule has 0 aliphatic heterocycles. The number of hydrazine groups is 1. The molecule has 0 bridgehead atoms. The van der Waals surface area contributed by atoms with Crippen molar-refractivity contribution < 1.29 is 14.3 Å². The quantitative estimate of drug-likeness (QED) is 0.850. The molecule has 114 valence electrons. The van der Waals surface area contributed by atoms with Gasteiger partial charge in [-0.25, -0.2) is 0 Å². The van der Waals surface area contributed by atoms with Crippen LogP contribution in [0.2, 0.25) is 0 Å². The van der Waals surface area contributed by atoms with Gasteiger partial charge in [-0.3, -0.25) is 20.4 Å². The number of ether oxygens (including phenoxy) is 1. The number of nitrogens with one attached hydrogen (secondary N) is 2. The van der Waals surface area contributed by atoms with E-state index < -0.39 is 5.91 Å². The second kappa shape index (κ2) is 7.26. The highest BCUT2D eigenvalue weighted by molar-refractivity contribution is 5.95. The Morgan fingerprint density at radius 1 is 0.955 bits per heavy atom. The van der Waals surface area contributed by atoms with Crippen LogP contribution in [-0.2, 0) is 4.79 Å². The summed E-state index contributed by atoms with van der Waals surface area (Å²) in [6.07, 6.45) is 0. The normalized spacial score (nSPS) is 9.91. The number of hydrogen-bond acceptors (Lipinski definition) is 3. The van der Waals surface area contributed by atoms with Gasteiger partial charge in [-0.15, -0.1) is 0 Å². The summed E-state index contributed by atoms with van der Waals surface area (Å²) < 4.78 is 5.45. The van der Waals surface area contributed by atoms with Gasteiger partial charge in [-0.2, -0.15) is 0 Å². The lowest BCUT2D eigenvalue weighted by Crippen LogP contribution is -2.43. The molecule has 0 aliphatic carbocycles. The lowest BCUT2D eigenvalue weighted by Gasteiger charge is -2.11. The van der Waals surface area contributed by atoms with Gasteiger partial charge in [0.15, 0.2) is 6.61 Å². The monoisotopic (exact) mass is 298 g/mol. The zero-order valence-electron chi connectivity index (χ0n) is 12.6. The third-order valence-corrected chi connectivity index (χ3v) is 3.27. The third-order valence-electron chi connectivity index (χ3n) is 3.27. The highest BCUT2D eigenvalue weighted by atomic mass is 16.5. The zero-order valence-corrected chi connectivity index (χ0v) is 12.6. The van der Waals surface area contributed by atoms with Gasteiger partial charge in [-0.05, 0) is 43.2 Å². The second-order valence-corrected chi connectivity index (χ2v) is 4.86. The summed E-state index contributed by atoms with van der Waals surface area (Å²) in [6.45, 7) is 3.74. The van der Waals surface area contributed by atoms with E-state index in [-0.39, 0.29) is 12.5 Å². The molecule has 0 unspecified atom stereocenters. The van der Waals surface area contributed by atoms with E-state index in [1.807, 2.05) is 32.0 Å². The fourth-order valence-electron chi connectivity index (χ4n) is 1.85.